The third kappa shape index (κ3) is 3.01. The highest BCUT2D eigenvalue weighted by Gasteiger charge is 2.22. The Morgan fingerprint density at radius 3 is 2.86 bits per heavy atom. The van der Waals surface area contributed by atoms with Gasteiger partial charge in [0, 0.05) is 5.69 Å². The van der Waals surface area contributed by atoms with E-state index in [0.29, 0.717) is 17.7 Å². The smallest absolute Gasteiger partial charge is 0.138 e. The molecule has 3 rings (SSSR count). The first-order valence-electron chi connectivity index (χ1n) is 7.45. The van der Waals surface area contributed by atoms with Crippen LogP contribution in [0.2, 0.25) is 5.02 Å². The molecule has 1 N–H and O–H groups in total. The number of fused-ring (bicyclic) bond motifs is 1. The third-order valence-corrected chi connectivity index (χ3v) is 4.25. The van der Waals surface area contributed by atoms with Crippen LogP contribution >= 0.6 is 11.6 Å². The van der Waals surface area contributed by atoms with Gasteiger partial charge in [-0.05, 0) is 56.0 Å². The molecule has 1 aliphatic carbocycles. The van der Waals surface area contributed by atoms with Crippen molar-refractivity contribution >= 4 is 17.3 Å². The van der Waals surface area contributed by atoms with Gasteiger partial charge in [-0.3, -0.25) is 0 Å². The summed E-state index contributed by atoms with van der Waals surface area (Å²) >= 11 is 6.25. The largest absolute Gasteiger partial charge is 0.492 e. The van der Waals surface area contributed by atoms with Crippen molar-refractivity contribution in [3.63, 3.8) is 0 Å². The van der Waals surface area contributed by atoms with Crippen molar-refractivity contribution in [2.75, 3.05) is 11.9 Å². The Bertz CT molecular complexity index is 654. The summed E-state index contributed by atoms with van der Waals surface area (Å²) in [5, 5.41) is 4.25. The number of anilines is 1. The van der Waals surface area contributed by atoms with Crippen LogP contribution in [-0.4, -0.2) is 6.61 Å². The van der Waals surface area contributed by atoms with Crippen LogP contribution in [0.5, 0.6) is 5.75 Å². The number of rotatable bonds is 4. The molecule has 0 saturated carbocycles. The number of hydrogen-bond acceptors (Lipinski definition) is 2. The van der Waals surface area contributed by atoms with E-state index < -0.39 is 0 Å². The molecule has 0 saturated heterocycles. The Kier molecular flexibility index (Phi) is 4.07. The van der Waals surface area contributed by atoms with E-state index in [1.54, 1.807) is 0 Å². The predicted octanol–water partition coefficient (Wildman–Crippen LogP) is 5.15. The Labute approximate surface area is 131 Å². The van der Waals surface area contributed by atoms with Crippen LogP contribution in [0.15, 0.2) is 36.4 Å². The lowest BCUT2D eigenvalue weighted by Crippen LogP contribution is -2.07. The second-order valence-corrected chi connectivity index (χ2v) is 5.92. The molecule has 0 aliphatic heterocycles. The van der Waals surface area contributed by atoms with Gasteiger partial charge in [-0.15, -0.1) is 0 Å². The van der Waals surface area contributed by atoms with Crippen molar-refractivity contribution in [3.8, 4) is 5.75 Å². The number of benzene rings is 2. The van der Waals surface area contributed by atoms with E-state index in [1.165, 1.54) is 16.7 Å². The topological polar surface area (TPSA) is 21.3 Å². The second-order valence-electron chi connectivity index (χ2n) is 5.52. The standard InChI is InChI=1S/C18H20ClNO/c1-3-21-18-9-7-14(11-16(18)19)20-17-8-6-13-5-4-12(2)10-15(13)17/h4-5,7,9-11,17,20H,3,6,8H2,1-2H3. The van der Waals surface area contributed by atoms with Crippen molar-refractivity contribution < 1.29 is 4.74 Å². The molecule has 2 nitrogen and oxygen atoms in total. The minimum atomic E-state index is 0.369. The Morgan fingerprint density at radius 1 is 1.24 bits per heavy atom. The van der Waals surface area contributed by atoms with Crippen LogP contribution in [0.25, 0.3) is 0 Å². The summed E-state index contributed by atoms with van der Waals surface area (Å²) < 4.78 is 5.47. The normalized spacial score (nSPS) is 16.6. The highest BCUT2D eigenvalue weighted by atomic mass is 35.5. The maximum absolute atomic E-state index is 6.25. The Balaban J connectivity index is 1.80. The second kappa shape index (κ2) is 5.98. The molecule has 0 spiro atoms. The summed E-state index contributed by atoms with van der Waals surface area (Å²) in [7, 11) is 0. The lowest BCUT2D eigenvalue weighted by atomic mass is 10.0. The molecule has 0 aromatic heterocycles. The molecule has 0 amide bonds. The lowest BCUT2D eigenvalue weighted by Gasteiger charge is -2.17. The molecule has 0 bridgehead atoms. The molecule has 1 atom stereocenters. The molecule has 3 heteroatoms. The van der Waals surface area contributed by atoms with Crippen LogP contribution < -0.4 is 10.1 Å². The van der Waals surface area contributed by atoms with Gasteiger partial charge in [0.25, 0.3) is 0 Å². The van der Waals surface area contributed by atoms with Crippen molar-refractivity contribution in [1.29, 1.82) is 0 Å². The summed E-state index contributed by atoms with van der Waals surface area (Å²) in [6.45, 7) is 4.73. The first-order chi connectivity index (χ1) is 10.2. The van der Waals surface area contributed by atoms with Crippen molar-refractivity contribution in [1.82, 2.24) is 0 Å². The van der Waals surface area contributed by atoms with Gasteiger partial charge in [0.2, 0.25) is 0 Å². The van der Waals surface area contributed by atoms with Crippen LogP contribution in [0, 0.1) is 6.92 Å². The zero-order valence-corrected chi connectivity index (χ0v) is 13.2. The van der Waals surface area contributed by atoms with Crippen LogP contribution in [0.1, 0.15) is 36.1 Å². The van der Waals surface area contributed by atoms with Crippen LogP contribution in [0.3, 0.4) is 0 Å². The molecule has 0 fully saturated rings. The summed E-state index contributed by atoms with van der Waals surface area (Å²) in [5.74, 6) is 0.743. The minimum absolute atomic E-state index is 0.369. The van der Waals surface area contributed by atoms with E-state index in [2.05, 4.69) is 30.4 Å². The molecule has 2 aromatic carbocycles. The molecule has 2 aromatic rings. The van der Waals surface area contributed by atoms with Crippen molar-refractivity contribution in [3.05, 3.63) is 58.1 Å². The number of nitrogens with one attached hydrogen (secondary N) is 1. The summed E-state index contributed by atoms with van der Waals surface area (Å²) in [6, 6.07) is 13.0. The summed E-state index contributed by atoms with van der Waals surface area (Å²) in [6.07, 6.45) is 2.27. The van der Waals surface area contributed by atoms with Crippen LogP contribution in [-0.2, 0) is 6.42 Å². The fraction of sp³-hybridized carbons (Fsp3) is 0.333. The highest BCUT2D eigenvalue weighted by Crippen LogP contribution is 2.36. The number of ether oxygens (including phenoxy) is 1. The predicted molar refractivity (Wildman–Crippen MR) is 88.5 cm³/mol. The van der Waals surface area contributed by atoms with E-state index in [-0.39, 0.29) is 0 Å². The summed E-state index contributed by atoms with van der Waals surface area (Å²) in [5.41, 5.74) is 5.23. The zero-order valence-electron chi connectivity index (χ0n) is 12.4. The molecule has 0 radical (unpaired) electrons. The number of halogens is 1. The van der Waals surface area contributed by atoms with E-state index in [9.17, 15) is 0 Å². The van der Waals surface area contributed by atoms with Gasteiger partial charge in [-0.25, -0.2) is 0 Å². The van der Waals surface area contributed by atoms with Gasteiger partial charge in [0.15, 0.2) is 0 Å². The maximum atomic E-state index is 6.25. The maximum Gasteiger partial charge on any atom is 0.138 e. The fourth-order valence-electron chi connectivity index (χ4n) is 2.94. The highest BCUT2D eigenvalue weighted by molar-refractivity contribution is 6.32. The first kappa shape index (κ1) is 14.3. The van der Waals surface area contributed by atoms with Gasteiger partial charge in [0.05, 0.1) is 17.7 Å². The molecular weight excluding hydrogens is 282 g/mol. The fourth-order valence-corrected chi connectivity index (χ4v) is 3.17. The molecule has 1 aliphatic rings. The quantitative estimate of drug-likeness (QED) is 0.843. The average Bonchev–Trinajstić information content (AvgIpc) is 2.84. The van der Waals surface area contributed by atoms with Gasteiger partial charge in [0.1, 0.15) is 5.75 Å². The van der Waals surface area contributed by atoms with E-state index >= 15 is 0 Å². The van der Waals surface area contributed by atoms with Gasteiger partial charge in [-0.1, -0.05) is 35.4 Å². The van der Waals surface area contributed by atoms with Crippen LogP contribution in [0.4, 0.5) is 5.69 Å². The third-order valence-electron chi connectivity index (χ3n) is 3.95. The van der Waals surface area contributed by atoms with Gasteiger partial charge >= 0.3 is 0 Å². The lowest BCUT2D eigenvalue weighted by molar-refractivity contribution is 0.340. The molecule has 0 heterocycles. The zero-order chi connectivity index (χ0) is 14.8. The van der Waals surface area contributed by atoms with Crippen molar-refractivity contribution in [2.24, 2.45) is 0 Å². The molecule has 110 valence electrons. The average molecular weight is 302 g/mol. The SMILES string of the molecule is CCOc1ccc(NC2CCc3ccc(C)cc32)cc1Cl. The Hall–Kier alpha value is -1.67. The number of aryl methyl sites for hydroxylation is 2. The van der Waals surface area contributed by atoms with E-state index in [0.717, 1.165) is 24.3 Å². The van der Waals surface area contributed by atoms with Crippen molar-refractivity contribution in [2.45, 2.75) is 32.7 Å². The van der Waals surface area contributed by atoms with Gasteiger partial charge < -0.3 is 10.1 Å². The monoisotopic (exact) mass is 301 g/mol. The minimum Gasteiger partial charge on any atom is -0.492 e. The number of hydrogen-bond donors (Lipinski definition) is 1. The van der Waals surface area contributed by atoms with E-state index in [4.69, 9.17) is 16.3 Å². The molecule has 21 heavy (non-hydrogen) atoms. The van der Waals surface area contributed by atoms with E-state index in [1.807, 2.05) is 25.1 Å². The molecule has 1 unspecified atom stereocenters. The first-order valence-corrected chi connectivity index (χ1v) is 7.83. The molecular formula is C18H20ClNO. The van der Waals surface area contributed by atoms with Gasteiger partial charge in [-0.2, -0.15) is 0 Å². The summed E-state index contributed by atoms with van der Waals surface area (Å²) in [4.78, 5) is 0. The Morgan fingerprint density at radius 2 is 2.10 bits per heavy atom.